The van der Waals surface area contributed by atoms with Crippen LogP contribution in [0.25, 0.3) is 22.3 Å². The number of pyridine rings is 2. The number of nitrogen functional groups attached to an aromatic ring is 1. The highest BCUT2D eigenvalue weighted by Crippen LogP contribution is 2.36. The van der Waals surface area contributed by atoms with Gasteiger partial charge in [-0.3, -0.25) is 9.79 Å². The molecule has 0 aliphatic carbocycles. The summed E-state index contributed by atoms with van der Waals surface area (Å²) in [5, 5.41) is 0.414. The average molecular weight is 692 g/mol. The van der Waals surface area contributed by atoms with Gasteiger partial charge in [0, 0.05) is 67.5 Å². The van der Waals surface area contributed by atoms with E-state index in [0.717, 1.165) is 29.5 Å². The van der Waals surface area contributed by atoms with Crippen molar-refractivity contribution < 1.29 is 18.7 Å². The molecule has 0 spiro atoms. The lowest BCUT2D eigenvalue weighted by Crippen LogP contribution is -2.24. The topological polar surface area (TPSA) is 130 Å². The Morgan fingerprint density at radius 1 is 1.09 bits per heavy atom. The minimum absolute atomic E-state index is 0.0683. The van der Waals surface area contributed by atoms with Crippen LogP contribution in [-0.2, 0) is 17.8 Å². The number of hydrogen-bond donors (Lipinski definition) is 2. The number of nitrogens with zero attached hydrogens (tertiary/aromatic N) is 4. The fraction of sp³-hybridized carbons (Fsp3) is 0.265. The molecule has 1 aliphatic heterocycles. The molecule has 0 saturated carbocycles. The van der Waals surface area contributed by atoms with Gasteiger partial charge in [0.25, 0.3) is 0 Å². The number of halogens is 2. The Kier molecular flexibility index (Phi) is 10.7. The van der Waals surface area contributed by atoms with Crippen molar-refractivity contribution in [3.05, 3.63) is 93.6 Å². The van der Waals surface area contributed by atoms with E-state index in [1.165, 1.54) is 12.4 Å². The molecule has 5 rings (SSSR count). The van der Waals surface area contributed by atoms with Gasteiger partial charge >= 0.3 is 0 Å². The lowest BCUT2D eigenvalue weighted by molar-refractivity contribution is 0.0612. The summed E-state index contributed by atoms with van der Waals surface area (Å²) in [4.78, 5) is 22.2. The second-order valence-corrected chi connectivity index (χ2v) is 11.7. The van der Waals surface area contributed by atoms with Crippen molar-refractivity contribution in [1.82, 2.24) is 9.55 Å². The number of aliphatic imine (C=N–C) groups is 1. The Hall–Kier alpha value is -4.68. The van der Waals surface area contributed by atoms with Crippen molar-refractivity contribution in [2.24, 2.45) is 16.6 Å². The summed E-state index contributed by atoms with van der Waals surface area (Å²) in [6, 6.07) is 14.2. The van der Waals surface area contributed by atoms with E-state index in [1.807, 2.05) is 28.8 Å². The molecule has 2 aromatic heterocycles. The first-order valence-corrected chi connectivity index (χ1v) is 15.5. The molecule has 0 amide bonds. The maximum Gasteiger partial charge on any atom is 0.212 e. The molecule has 0 unspecified atom stereocenters. The van der Waals surface area contributed by atoms with E-state index >= 15 is 4.48 Å². The number of ether oxygens (including phenoxy) is 3. The summed E-state index contributed by atoms with van der Waals surface area (Å²) in [6.07, 6.45) is 9.66. The Labute approximate surface area is 275 Å². The van der Waals surface area contributed by atoms with Crippen LogP contribution >= 0.6 is 15.9 Å². The number of benzene rings is 2. The third kappa shape index (κ3) is 7.57. The van der Waals surface area contributed by atoms with E-state index < -0.39 is 5.43 Å². The van der Waals surface area contributed by atoms with Gasteiger partial charge in [0.05, 0.1) is 30.9 Å². The van der Waals surface area contributed by atoms with Gasteiger partial charge in [-0.05, 0) is 76.1 Å². The molecule has 4 aromatic rings. The minimum Gasteiger partial charge on any atom is -0.493 e. The molecule has 0 bridgehead atoms. The van der Waals surface area contributed by atoms with Gasteiger partial charge in [-0.25, -0.2) is 4.98 Å². The third-order valence-electron chi connectivity index (χ3n) is 7.83. The number of nitrogens with two attached hydrogens (primary N) is 2. The van der Waals surface area contributed by atoms with Crippen LogP contribution in [0, 0.1) is 5.92 Å². The molecule has 2 aromatic carbocycles. The SMILES string of the molecule is COc1ccc(-c2cnc(N)c(-c3ccc(N(F)c4cn(CC5CCOCC5)cc(C/N=C\C(Br)=C/N)c4=O)cc3)c2)cc1OC. The normalized spacial score (nSPS) is 14.0. The van der Waals surface area contributed by atoms with Gasteiger partial charge in [-0.2, -0.15) is 5.12 Å². The molecule has 46 heavy (non-hydrogen) atoms. The highest BCUT2D eigenvalue weighted by molar-refractivity contribution is 9.12. The van der Waals surface area contributed by atoms with Crippen LogP contribution in [0.15, 0.2) is 87.6 Å². The smallest absolute Gasteiger partial charge is 0.212 e. The van der Waals surface area contributed by atoms with Gasteiger partial charge in [0.1, 0.15) is 11.5 Å². The Bertz CT molecular complexity index is 1790. The number of aromatic nitrogens is 2. The summed E-state index contributed by atoms with van der Waals surface area (Å²) >= 11 is 3.27. The summed E-state index contributed by atoms with van der Waals surface area (Å²) < 4.78 is 34.8. The lowest BCUT2D eigenvalue weighted by Gasteiger charge is -2.24. The average Bonchev–Trinajstić information content (AvgIpc) is 3.09. The molecular weight excluding hydrogens is 655 g/mol. The first-order valence-electron chi connectivity index (χ1n) is 14.7. The van der Waals surface area contributed by atoms with Gasteiger partial charge in [0.15, 0.2) is 11.5 Å². The lowest BCUT2D eigenvalue weighted by atomic mass is 10.00. The van der Waals surface area contributed by atoms with E-state index in [0.29, 0.717) is 63.7 Å². The number of hydrogen-bond acceptors (Lipinski definition) is 9. The van der Waals surface area contributed by atoms with Gasteiger partial charge < -0.3 is 30.2 Å². The van der Waals surface area contributed by atoms with E-state index in [-0.39, 0.29) is 17.9 Å². The number of anilines is 3. The maximum absolute atomic E-state index is 16.1. The van der Waals surface area contributed by atoms with Crippen molar-refractivity contribution in [3.8, 4) is 33.8 Å². The zero-order valence-corrected chi connectivity index (χ0v) is 27.2. The van der Waals surface area contributed by atoms with Crippen LogP contribution in [0.4, 0.5) is 21.7 Å². The largest absolute Gasteiger partial charge is 0.493 e. The number of rotatable bonds is 11. The first-order chi connectivity index (χ1) is 22.3. The molecule has 0 atom stereocenters. The van der Waals surface area contributed by atoms with E-state index in [4.69, 9.17) is 25.7 Å². The van der Waals surface area contributed by atoms with Crippen molar-refractivity contribution >= 4 is 39.3 Å². The summed E-state index contributed by atoms with van der Waals surface area (Å²) in [5.74, 6) is 1.89. The van der Waals surface area contributed by atoms with Gasteiger partial charge in [-0.15, -0.1) is 0 Å². The van der Waals surface area contributed by atoms with Crippen LogP contribution in [0.3, 0.4) is 0 Å². The molecule has 10 nitrogen and oxygen atoms in total. The van der Waals surface area contributed by atoms with Crippen molar-refractivity contribution in [3.63, 3.8) is 0 Å². The Morgan fingerprint density at radius 2 is 1.80 bits per heavy atom. The standard InChI is InChI=1S/C34H36BrFN6O4/c1-44-31-8-5-24(14-32(31)45-2)25-13-29(34(38)40-17-25)23-3-6-28(7-4-23)42(36)30-21-41(19-22-9-11-46-12-10-22)20-26(33(30)43)16-39-18-27(35)15-37/h3-8,13-15,17-18,20-22H,9-12,16,19,37H2,1-2H3,(H2,38,40)/b27-15+,39-18-. The zero-order chi connectivity index (χ0) is 32.6. The molecule has 1 saturated heterocycles. The Balaban J connectivity index is 1.44. The Morgan fingerprint density at radius 3 is 2.50 bits per heavy atom. The second kappa shape index (κ2) is 15.1. The summed E-state index contributed by atoms with van der Waals surface area (Å²) in [7, 11) is 3.16. The summed E-state index contributed by atoms with van der Waals surface area (Å²) in [5.41, 5.74) is 14.9. The van der Waals surface area contributed by atoms with E-state index in [2.05, 4.69) is 25.9 Å². The summed E-state index contributed by atoms with van der Waals surface area (Å²) in [6.45, 7) is 2.08. The maximum atomic E-state index is 16.1. The molecule has 3 heterocycles. The van der Waals surface area contributed by atoms with Crippen LogP contribution in [0.1, 0.15) is 18.4 Å². The predicted octanol–water partition coefficient (Wildman–Crippen LogP) is 6.39. The van der Waals surface area contributed by atoms with Crippen LogP contribution in [0.2, 0.25) is 0 Å². The second-order valence-electron chi connectivity index (χ2n) is 10.8. The molecule has 4 N–H and O–H groups in total. The fourth-order valence-electron chi connectivity index (χ4n) is 5.33. The number of allylic oxidation sites excluding steroid dienone is 1. The molecule has 1 fully saturated rings. The van der Waals surface area contributed by atoms with Crippen LogP contribution < -0.4 is 31.5 Å². The highest BCUT2D eigenvalue weighted by Gasteiger charge is 2.20. The quantitative estimate of drug-likeness (QED) is 0.137. The highest BCUT2D eigenvalue weighted by atomic mass is 79.9. The monoisotopic (exact) mass is 690 g/mol. The van der Waals surface area contributed by atoms with Gasteiger partial charge in [-0.1, -0.05) is 22.7 Å². The van der Waals surface area contributed by atoms with Gasteiger partial charge in [0.2, 0.25) is 5.43 Å². The molecule has 0 radical (unpaired) electrons. The van der Waals surface area contributed by atoms with E-state index in [9.17, 15) is 4.79 Å². The predicted molar refractivity (Wildman–Crippen MR) is 184 cm³/mol. The van der Waals surface area contributed by atoms with Crippen molar-refractivity contribution in [2.45, 2.75) is 25.9 Å². The van der Waals surface area contributed by atoms with Crippen LogP contribution in [-0.4, -0.2) is 43.2 Å². The zero-order valence-electron chi connectivity index (χ0n) is 25.7. The molecular formula is C34H36BrFN6O4. The van der Waals surface area contributed by atoms with E-state index in [1.54, 1.807) is 57.1 Å². The third-order valence-corrected chi connectivity index (χ3v) is 8.30. The number of methoxy groups -OCH3 is 2. The molecule has 1 aliphatic rings. The molecule has 240 valence electrons. The minimum atomic E-state index is -0.448. The van der Waals surface area contributed by atoms with Crippen molar-refractivity contribution in [1.29, 1.82) is 0 Å². The van der Waals surface area contributed by atoms with Crippen molar-refractivity contribution in [2.75, 3.05) is 38.3 Å². The van der Waals surface area contributed by atoms with Crippen LogP contribution in [0.5, 0.6) is 11.5 Å². The first kappa shape index (κ1) is 32.7. The molecule has 12 heteroatoms. The fourth-order valence-corrected chi connectivity index (χ4v) is 5.47.